The molecule has 120 valence electrons. The van der Waals surface area contributed by atoms with Crippen molar-refractivity contribution in [2.45, 2.75) is 37.6 Å². The number of primary amides is 1. The first-order valence-corrected chi connectivity index (χ1v) is 7.90. The summed E-state index contributed by atoms with van der Waals surface area (Å²) < 4.78 is 5.61. The average molecular weight is 335 g/mol. The minimum absolute atomic E-state index is 0.160. The van der Waals surface area contributed by atoms with Crippen molar-refractivity contribution in [2.75, 3.05) is 5.32 Å². The predicted octanol–water partition coefficient (Wildman–Crippen LogP) is 2.87. The second kappa shape index (κ2) is 4.86. The number of fused-ring (bicyclic) bond motifs is 4. The van der Waals surface area contributed by atoms with E-state index in [2.05, 4.69) is 15.6 Å². The minimum Gasteiger partial charge on any atom is -0.432 e. The lowest BCUT2D eigenvalue weighted by Crippen LogP contribution is -2.52. The van der Waals surface area contributed by atoms with Crippen molar-refractivity contribution in [3.05, 3.63) is 22.5 Å². The first-order valence-electron chi connectivity index (χ1n) is 7.53. The van der Waals surface area contributed by atoms with Gasteiger partial charge < -0.3 is 20.8 Å². The van der Waals surface area contributed by atoms with E-state index in [1.54, 1.807) is 6.07 Å². The number of carbonyl (C=O) groups is 2. The van der Waals surface area contributed by atoms with E-state index in [9.17, 15) is 9.59 Å². The lowest BCUT2D eigenvalue weighted by atomic mass is 9.74. The van der Waals surface area contributed by atoms with Gasteiger partial charge in [-0.05, 0) is 18.9 Å². The van der Waals surface area contributed by atoms with Crippen molar-refractivity contribution in [2.24, 2.45) is 5.73 Å². The maximum absolute atomic E-state index is 12.1. The predicted molar refractivity (Wildman–Crippen MR) is 84.5 cm³/mol. The molecule has 1 aromatic carbocycles. The molecule has 2 heterocycles. The van der Waals surface area contributed by atoms with Crippen LogP contribution in [-0.4, -0.2) is 16.9 Å². The number of anilines is 1. The minimum atomic E-state index is -0.739. The number of rotatable bonds is 1. The molecule has 0 bridgehead atoms. The van der Waals surface area contributed by atoms with E-state index in [4.69, 9.17) is 21.8 Å². The molecule has 8 heteroatoms. The first kappa shape index (κ1) is 14.3. The van der Waals surface area contributed by atoms with Gasteiger partial charge in [0.05, 0.1) is 16.2 Å². The highest BCUT2D eigenvalue weighted by molar-refractivity contribution is 6.35. The van der Waals surface area contributed by atoms with Gasteiger partial charge in [-0.3, -0.25) is 4.79 Å². The van der Waals surface area contributed by atoms with Gasteiger partial charge in [0.25, 0.3) is 5.89 Å². The van der Waals surface area contributed by atoms with Gasteiger partial charge in [-0.1, -0.05) is 30.9 Å². The molecule has 1 aliphatic heterocycles. The van der Waals surface area contributed by atoms with E-state index in [1.165, 1.54) is 0 Å². The van der Waals surface area contributed by atoms with Crippen LogP contribution in [0.4, 0.5) is 10.5 Å². The van der Waals surface area contributed by atoms with Crippen LogP contribution in [-0.2, 0) is 5.54 Å². The number of urea groups is 1. The number of hydrogen-bond acceptors (Lipinski definition) is 4. The summed E-state index contributed by atoms with van der Waals surface area (Å²) in [5.41, 5.74) is 6.93. The van der Waals surface area contributed by atoms with Crippen molar-refractivity contribution in [1.82, 2.24) is 10.3 Å². The van der Waals surface area contributed by atoms with Gasteiger partial charge in [-0.25, -0.2) is 9.78 Å². The van der Waals surface area contributed by atoms with E-state index >= 15 is 0 Å². The van der Waals surface area contributed by atoms with Crippen LogP contribution < -0.4 is 16.4 Å². The Kier molecular flexibility index (Phi) is 3.02. The van der Waals surface area contributed by atoms with Crippen molar-refractivity contribution in [1.29, 1.82) is 0 Å². The Balaban J connectivity index is 2.04. The van der Waals surface area contributed by atoms with Crippen LogP contribution in [0.5, 0.6) is 0 Å². The van der Waals surface area contributed by atoms with Crippen molar-refractivity contribution in [3.63, 3.8) is 0 Å². The number of hydrogen-bond donors (Lipinski definition) is 3. The number of nitrogens with zero attached hydrogens (tertiary/aromatic N) is 1. The summed E-state index contributed by atoms with van der Waals surface area (Å²) in [6.07, 6.45) is 4.67. The zero-order valence-corrected chi connectivity index (χ0v) is 13.0. The molecule has 7 nitrogen and oxygen atoms in total. The maximum Gasteiger partial charge on any atom is 0.319 e. The molecule has 0 atom stereocenters. The van der Waals surface area contributed by atoms with Gasteiger partial charge in [0.15, 0.2) is 5.58 Å². The largest absolute Gasteiger partial charge is 0.432 e. The number of nitrogens with one attached hydrogen (secondary N) is 2. The van der Waals surface area contributed by atoms with Crippen LogP contribution in [0.3, 0.4) is 0 Å². The number of benzene rings is 1. The highest BCUT2D eigenvalue weighted by atomic mass is 35.5. The molecule has 2 aromatic rings. The van der Waals surface area contributed by atoms with E-state index in [0.717, 1.165) is 37.7 Å². The Morgan fingerprint density at radius 3 is 2.78 bits per heavy atom. The Morgan fingerprint density at radius 2 is 2.09 bits per heavy atom. The summed E-state index contributed by atoms with van der Waals surface area (Å²) in [5, 5.41) is 6.15. The topological polar surface area (TPSA) is 110 Å². The molecule has 0 unspecified atom stereocenters. The summed E-state index contributed by atoms with van der Waals surface area (Å²) in [5.74, 6) is -0.899. The van der Waals surface area contributed by atoms with Crippen LogP contribution in [0.25, 0.3) is 11.1 Å². The molecule has 3 amide bonds. The summed E-state index contributed by atoms with van der Waals surface area (Å²) in [6, 6.07) is 1.30. The number of oxazole rings is 1. The first-order chi connectivity index (χ1) is 11.0. The number of aromatic nitrogens is 1. The fraction of sp³-hybridized carbons (Fsp3) is 0.400. The molecule has 4 N–H and O–H groups in total. The molecule has 1 aromatic heterocycles. The van der Waals surface area contributed by atoms with E-state index in [0.29, 0.717) is 21.8 Å². The molecule has 1 fully saturated rings. The second-order valence-corrected chi connectivity index (χ2v) is 6.47. The number of carbonyl (C=O) groups excluding carboxylic acids is 2. The van der Waals surface area contributed by atoms with Crippen molar-refractivity contribution >= 4 is 40.3 Å². The second-order valence-electron chi connectivity index (χ2n) is 6.06. The van der Waals surface area contributed by atoms with Crippen LogP contribution in [0.1, 0.15) is 48.4 Å². The Morgan fingerprint density at radius 1 is 1.35 bits per heavy atom. The van der Waals surface area contributed by atoms with Gasteiger partial charge in [-0.2, -0.15) is 0 Å². The Labute approximate surface area is 136 Å². The molecule has 1 aliphatic carbocycles. The zero-order chi connectivity index (χ0) is 16.2. The molecular weight excluding hydrogens is 320 g/mol. The van der Waals surface area contributed by atoms with E-state index in [1.807, 2.05) is 0 Å². The Hall–Kier alpha value is -2.28. The monoisotopic (exact) mass is 334 g/mol. The van der Waals surface area contributed by atoms with Crippen LogP contribution in [0.15, 0.2) is 10.5 Å². The highest BCUT2D eigenvalue weighted by Crippen LogP contribution is 2.48. The molecule has 2 aliphatic rings. The van der Waals surface area contributed by atoms with Crippen molar-refractivity contribution < 1.29 is 14.0 Å². The third-order valence-electron chi connectivity index (χ3n) is 4.62. The smallest absolute Gasteiger partial charge is 0.319 e. The van der Waals surface area contributed by atoms with Gasteiger partial charge in [-0.15, -0.1) is 0 Å². The number of nitrogens with two attached hydrogens (primary N) is 1. The lowest BCUT2D eigenvalue weighted by molar-refractivity contribution is 0.0969. The summed E-state index contributed by atoms with van der Waals surface area (Å²) in [4.78, 5) is 27.6. The van der Waals surface area contributed by atoms with Gasteiger partial charge in [0.1, 0.15) is 5.52 Å². The highest BCUT2D eigenvalue weighted by Gasteiger charge is 2.44. The van der Waals surface area contributed by atoms with Crippen LogP contribution in [0, 0.1) is 0 Å². The van der Waals surface area contributed by atoms with Gasteiger partial charge in [0, 0.05) is 5.56 Å². The Bertz CT molecular complexity index is 839. The normalized spacial score (nSPS) is 19.3. The third-order valence-corrected chi connectivity index (χ3v) is 4.92. The fourth-order valence-electron chi connectivity index (χ4n) is 3.67. The number of amides is 3. The quantitative estimate of drug-likeness (QED) is 0.744. The third kappa shape index (κ3) is 2.07. The molecule has 0 radical (unpaired) electrons. The SMILES string of the molecule is NC(=O)c1nc2cc(Cl)c3c(c2o1)C1(CCCCC1)NC(=O)N3. The van der Waals surface area contributed by atoms with E-state index in [-0.39, 0.29) is 11.9 Å². The maximum atomic E-state index is 12.1. The molecular formula is C15H15ClN4O3. The molecule has 0 saturated heterocycles. The van der Waals surface area contributed by atoms with Gasteiger partial charge >= 0.3 is 11.9 Å². The zero-order valence-electron chi connectivity index (χ0n) is 12.2. The fourth-order valence-corrected chi connectivity index (χ4v) is 3.92. The summed E-state index contributed by atoms with van der Waals surface area (Å²) in [7, 11) is 0. The van der Waals surface area contributed by atoms with Crippen molar-refractivity contribution in [3.8, 4) is 0 Å². The van der Waals surface area contributed by atoms with Crippen LogP contribution in [0.2, 0.25) is 5.02 Å². The molecule has 23 heavy (non-hydrogen) atoms. The lowest BCUT2D eigenvalue weighted by Gasteiger charge is -2.42. The summed E-state index contributed by atoms with van der Waals surface area (Å²) in [6.45, 7) is 0. The molecule has 1 spiro atoms. The van der Waals surface area contributed by atoms with Gasteiger partial charge in [0.2, 0.25) is 0 Å². The average Bonchev–Trinajstić information content (AvgIpc) is 2.91. The molecule has 4 rings (SSSR count). The summed E-state index contributed by atoms with van der Waals surface area (Å²) >= 11 is 6.34. The molecule has 1 saturated carbocycles. The number of halogens is 1. The van der Waals surface area contributed by atoms with E-state index < -0.39 is 11.4 Å². The standard InChI is InChI=1S/C15H15ClN4O3/c16-7-6-8-11(23-13(18-8)12(17)21)9-10(7)19-14(22)20-15(9)4-2-1-3-5-15/h6H,1-5H2,(H2,17,21)(H2,19,20,22). The van der Waals surface area contributed by atoms with Crippen LogP contribution >= 0.6 is 11.6 Å².